The van der Waals surface area contributed by atoms with Crippen LogP contribution < -0.4 is 10.5 Å². The van der Waals surface area contributed by atoms with Crippen molar-refractivity contribution >= 4 is 17.6 Å². The lowest BCUT2D eigenvalue weighted by molar-refractivity contribution is -0.137. The highest BCUT2D eigenvalue weighted by atomic mass is 35.5. The van der Waals surface area contributed by atoms with Crippen molar-refractivity contribution in [2.75, 3.05) is 6.54 Å². The van der Waals surface area contributed by atoms with Gasteiger partial charge in [-0.25, -0.2) is 0 Å². The largest absolute Gasteiger partial charge is 0.481 e. The maximum Gasteiger partial charge on any atom is 0.387 e. The van der Waals surface area contributed by atoms with Gasteiger partial charge in [-0.1, -0.05) is 17.7 Å². The Morgan fingerprint density at radius 2 is 2.17 bits per heavy atom. The number of benzene rings is 1. The van der Waals surface area contributed by atoms with Crippen molar-refractivity contribution in [2.24, 2.45) is 5.73 Å². The summed E-state index contributed by atoms with van der Waals surface area (Å²) in [6.45, 7) is -2.91. The highest BCUT2D eigenvalue weighted by Crippen LogP contribution is 2.30. The van der Waals surface area contributed by atoms with Crippen molar-refractivity contribution < 1.29 is 23.4 Å². The lowest BCUT2D eigenvalue weighted by Crippen LogP contribution is -2.16. The molecule has 7 heteroatoms. The van der Waals surface area contributed by atoms with Crippen LogP contribution in [0.15, 0.2) is 18.2 Å². The fourth-order valence-electron chi connectivity index (χ4n) is 1.51. The third kappa shape index (κ3) is 4.12. The Morgan fingerprint density at radius 3 is 2.67 bits per heavy atom. The number of hydrogen-bond acceptors (Lipinski definition) is 3. The molecule has 0 spiro atoms. The summed E-state index contributed by atoms with van der Waals surface area (Å²) in [5.74, 6) is -1.68. The van der Waals surface area contributed by atoms with Crippen LogP contribution in [-0.4, -0.2) is 24.2 Å². The molecule has 0 saturated heterocycles. The zero-order chi connectivity index (χ0) is 13.7. The van der Waals surface area contributed by atoms with Crippen LogP contribution in [0.25, 0.3) is 0 Å². The molecule has 4 nitrogen and oxygen atoms in total. The summed E-state index contributed by atoms with van der Waals surface area (Å²) < 4.78 is 28.5. The second-order valence-electron chi connectivity index (χ2n) is 3.60. The molecule has 0 bridgehead atoms. The summed E-state index contributed by atoms with van der Waals surface area (Å²) in [4.78, 5) is 10.6. The van der Waals surface area contributed by atoms with E-state index in [0.29, 0.717) is 5.56 Å². The number of carboxylic acid groups (broad SMARTS) is 1. The van der Waals surface area contributed by atoms with Crippen LogP contribution in [0.4, 0.5) is 8.78 Å². The Morgan fingerprint density at radius 1 is 1.50 bits per heavy atom. The molecule has 0 amide bonds. The van der Waals surface area contributed by atoms with Gasteiger partial charge in [0.1, 0.15) is 5.75 Å². The summed E-state index contributed by atoms with van der Waals surface area (Å²) in [6.07, 6.45) is -0.188. The van der Waals surface area contributed by atoms with Crippen LogP contribution in [0.3, 0.4) is 0 Å². The van der Waals surface area contributed by atoms with E-state index in [9.17, 15) is 13.6 Å². The molecular formula is C11H12ClF2NO3. The number of hydrogen-bond donors (Lipinski definition) is 2. The summed E-state index contributed by atoms with van der Waals surface area (Å²) in [5, 5.41) is 8.75. The van der Waals surface area contributed by atoms with E-state index >= 15 is 0 Å². The maximum absolute atomic E-state index is 12.1. The van der Waals surface area contributed by atoms with Gasteiger partial charge in [0.05, 0.1) is 11.4 Å². The molecule has 1 rings (SSSR count). The Labute approximate surface area is 107 Å². The van der Waals surface area contributed by atoms with E-state index in [1.54, 1.807) is 6.07 Å². The van der Waals surface area contributed by atoms with Gasteiger partial charge < -0.3 is 15.6 Å². The topological polar surface area (TPSA) is 72.6 Å². The zero-order valence-electron chi connectivity index (χ0n) is 9.28. The average Bonchev–Trinajstić information content (AvgIpc) is 2.28. The molecule has 1 aromatic rings. The van der Waals surface area contributed by atoms with E-state index in [1.807, 2.05) is 0 Å². The van der Waals surface area contributed by atoms with E-state index in [2.05, 4.69) is 4.74 Å². The standard InChI is InChI=1S/C11H12ClF2NO3/c12-8-2-1-6(3-9(8)18-11(13)14)7(5-15)4-10(16)17/h1-3,7,11H,4-5,15H2,(H,16,17). The number of carboxylic acids is 1. The minimum absolute atomic E-state index is 0.0325. The van der Waals surface area contributed by atoms with Gasteiger partial charge in [0.25, 0.3) is 0 Å². The second kappa shape index (κ2) is 6.51. The van der Waals surface area contributed by atoms with Gasteiger partial charge in [-0.05, 0) is 24.2 Å². The van der Waals surface area contributed by atoms with Gasteiger partial charge in [-0.3, -0.25) is 4.79 Å². The Kier molecular flexibility index (Phi) is 5.30. The first kappa shape index (κ1) is 14.7. The van der Waals surface area contributed by atoms with Gasteiger partial charge in [0.15, 0.2) is 0 Å². The number of halogens is 3. The van der Waals surface area contributed by atoms with E-state index in [1.165, 1.54) is 12.1 Å². The first-order chi connectivity index (χ1) is 8.43. The van der Waals surface area contributed by atoms with Crippen molar-refractivity contribution in [3.63, 3.8) is 0 Å². The van der Waals surface area contributed by atoms with Crippen molar-refractivity contribution in [1.29, 1.82) is 0 Å². The molecule has 0 aliphatic rings. The molecule has 1 atom stereocenters. The molecular weight excluding hydrogens is 268 g/mol. The van der Waals surface area contributed by atoms with Gasteiger partial charge in [0.2, 0.25) is 0 Å². The number of rotatable bonds is 6. The van der Waals surface area contributed by atoms with E-state index in [4.69, 9.17) is 22.4 Å². The number of nitrogens with two attached hydrogens (primary N) is 1. The van der Waals surface area contributed by atoms with Crippen molar-refractivity contribution in [2.45, 2.75) is 19.0 Å². The van der Waals surface area contributed by atoms with Crippen molar-refractivity contribution in [3.05, 3.63) is 28.8 Å². The van der Waals surface area contributed by atoms with Gasteiger partial charge in [0, 0.05) is 5.92 Å². The monoisotopic (exact) mass is 279 g/mol. The van der Waals surface area contributed by atoms with Crippen molar-refractivity contribution in [3.8, 4) is 5.75 Å². The molecule has 1 aromatic carbocycles. The highest BCUT2D eigenvalue weighted by Gasteiger charge is 2.17. The fraction of sp³-hybridized carbons (Fsp3) is 0.364. The minimum atomic E-state index is -2.99. The minimum Gasteiger partial charge on any atom is -0.481 e. The molecule has 0 radical (unpaired) electrons. The van der Waals surface area contributed by atoms with Gasteiger partial charge in [-0.2, -0.15) is 8.78 Å². The first-order valence-corrected chi connectivity index (χ1v) is 5.48. The highest BCUT2D eigenvalue weighted by molar-refractivity contribution is 6.32. The summed E-state index contributed by atoms with van der Waals surface area (Å²) >= 11 is 5.69. The zero-order valence-corrected chi connectivity index (χ0v) is 10.0. The first-order valence-electron chi connectivity index (χ1n) is 5.10. The molecule has 0 aromatic heterocycles. The second-order valence-corrected chi connectivity index (χ2v) is 4.01. The number of aliphatic carboxylic acids is 1. The van der Waals surface area contributed by atoms with Crippen LogP contribution in [-0.2, 0) is 4.79 Å². The molecule has 0 saturated carbocycles. The van der Waals surface area contributed by atoms with Crippen LogP contribution >= 0.6 is 11.6 Å². The van der Waals surface area contributed by atoms with Gasteiger partial charge in [-0.15, -0.1) is 0 Å². The molecule has 0 heterocycles. The van der Waals surface area contributed by atoms with Crippen LogP contribution in [0.2, 0.25) is 5.02 Å². The van der Waals surface area contributed by atoms with Gasteiger partial charge >= 0.3 is 12.6 Å². The van der Waals surface area contributed by atoms with Crippen LogP contribution in [0.1, 0.15) is 17.9 Å². The molecule has 3 N–H and O–H groups in total. The molecule has 1 unspecified atom stereocenters. The van der Waals surface area contributed by atoms with E-state index < -0.39 is 18.5 Å². The molecule has 0 aliphatic heterocycles. The molecule has 0 fully saturated rings. The number of carbonyl (C=O) groups is 1. The third-order valence-corrected chi connectivity index (χ3v) is 2.66. The van der Waals surface area contributed by atoms with Crippen LogP contribution in [0, 0.1) is 0 Å². The van der Waals surface area contributed by atoms with E-state index in [-0.39, 0.29) is 23.7 Å². The summed E-state index contributed by atoms with van der Waals surface area (Å²) in [6, 6.07) is 4.20. The normalized spacial score (nSPS) is 12.5. The smallest absolute Gasteiger partial charge is 0.387 e. The number of ether oxygens (including phenoxy) is 1. The summed E-state index contributed by atoms with van der Waals surface area (Å²) in [5.41, 5.74) is 5.96. The quantitative estimate of drug-likeness (QED) is 0.839. The fourth-order valence-corrected chi connectivity index (χ4v) is 1.67. The Bertz CT molecular complexity index is 429. The van der Waals surface area contributed by atoms with Crippen LogP contribution in [0.5, 0.6) is 5.75 Å². The maximum atomic E-state index is 12.1. The lowest BCUT2D eigenvalue weighted by atomic mass is 9.96. The summed E-state index contributed by atoms with van der Waals surface area (Å²) in [7, 11) is 0. The molecule has 100 valence electrons. The predicted molar refractivity (Wildman–Crippen MR) is 62.1 cm³/mol. The Hall–Kier alpha value is -1.40. The SMILES string of the molecule is NCC(CC(=O)O)c1ccc(Cl)c(OC(F)F)c1. The van der Waals surface area contributed by atoms with E-state index in [0.717, 1.165) is 0 Å². The molecule has 18 heavy (non-hydrogen) atoms. The molecule has 0 aliphatic carbocycles. The number of alkyl halides is 2. The average molecular weight is 280 g/mol. The third-order valence-electron chi connectivity index (χ3n) is 2.35. The van der Waals surface area contributed by atoms with Crippen molar-refractivity contribution in [1.82, 2.24) is 0 Å². The predicted octanol–water partition coefficient (Wildman–Crippen LogP) is 2.46. The lowest BCUT2D eigenvalue weighted by Gasteiger charge is -2.15. The Balaban J connectivity index is 2.98.